The molecule has 2 rings (SSSR count). The number of carbonyl (C=O) groups excluding carboxylic acids is 1. The lowest BCUT2D eigenvalue weighted by Crippen LogP contribution is -2.07. The second-order valence-electron chi connectivity index (χ2n) is 4.46. The van der Waals surface area contributed by atoms with Crippen LogP contribution < -0.4 is 4.74 Å². The minimum atomic E-state index is -0.0545. The Morgan fingerprint density at radius 2 is 2.10 bits per heavy atom. The second-order valence-corrected chi connectivity index (χ2v) is 4.89. The molecule has 1 heterocycles. The molecule has 0 saturated heterocycles. The number of hydrogen-bond acceptors (Lipinski definition) is 3. The fourth-order valence-electron chi connectivity index (χ4n) is 1.93. The number of halogens is 1. The topological polar surface area (TPSA) is 39.2 Å². The van der Waals surface area contributed by atoms with Crippen LogP contribution in [0.5, 0.6) is 5.75 Å². The molecular weight excluding hydrogens is 274 g/mol. The fraction of sp³-hybridized carbons (Fsp3) is 0.250. The maximum absolute atomic E-state index is 12.3. The molecule has 20 heavy (non-hydrogen) atoms. The Balaban J connectivity index is 2.20. The highest BCUT2D eigenvalue weighted by molar-refractivity contribution is 6.31. The number of aromatic nitrogens is 1. The highest BCUT2D eigenvalue weighted by Gasteiger charge is 2.14. The minimum absolute atomic E-state index is 0.0545. The Bertz CT molecular complexity index is 608. The quantitative estimate of drug-likeness (QED) is 0.787. The van der Waals surface area contributed by atoms with E-state index in [2.05, 4.69) is 11.9 Å². The molecule has 0 unspecified atom stereocenters. The van der Waals surface area contributed by atoms with Crippen molar-refractivity contribution in [2.24, 2.45) is 0 Å². The van der Waals surface area contributed by atoms with E-state index in [1.807, 2.05) is 12.1 Å². The average molecular weight is 290 g/mol. The summed E-state index contributed by atoms with van der Waals surface area (Å²) in [6, 6.07) is 8.90. The molecule has 0 aliphatic heterocycles. The van der Waals surface area contributed by atoms with Crippen LogP contribution in [0.15, 0.2) is 36.5 Å². The predicted molar refractivity (Wildman–Crippen MR) is 79.7 cm³/mol. The Morgan fingerprint density at radius 1 is 1.30 bits per heavy atom. The Kier molecular flexibility index (Phi) is 4.74. The van der Waals surface area contributed by atoms with Crippen molar-refractivity contribution in [1.82, 2.24) is 4.98 Å². The highest BCUT2D eigenvalue weighted by atomic mass is 35.5. The molecular formula is C16H16ClNO2. The zero-order chi connectivity index (χ0) is 14.5. The number of ether oxygens (including phenoxy) is 1. The van der Waals surface area contributed by atoms with E-state index in [-0.39, 0.29) is 12.2 Å². The van der Waals surface area contributed by atoms with Crippen LogP contribution in [-0.2, 0) is 12.8 Å². The van der Waals surface area contributed by atoms with Crippen molar-refractivity contribution in [3.8, 4) is 5.75 Å². The number of rotatable bonds is 5. The van der Waals surface area contributed by atoms with E-state index in [1.54, 1.807) is 24.4 Å². The van der Waals surface area contributed by atoms with Crippen molar-refractivity contribution in [2.45, 2.75) is 19.8 Å². The molecule has 4 heteroatoms. The van der Waals surface area contributed by atoms with Crippen LogP contribution in [0.1, 0.15) is 28.5 Å². The average Bonchev–Trinajstić information content (AvgIpc) is 2.48. The number of methoxy groups -OCH3 is 1. The van der Waals surface area contributed by atoms with E-state index in [0.29, 0.717) is 16.3 Å². The molecule has 3 nitrogen and oxygen atoms in total. The number of benzene rings is 1. The van der Waals surface area contributed by atoms with Gasteiger partial charge in [-0.15, -0.1) is 0 Å². The molecule has 0 bridgehead atoms. The van der Waals surface area contributed by atoms with Gasteiger partial charge in [-0.1, -0.05) is 24.6 Å². The van der Waals surface area contributed by atoms with Crippen LogP contribution >= 0.6 is 11.6 Å². The zero-order valence-electron chi connectivity index (χ0n) is 11.5. The first-order valence-corrected chi connectivity index (χ1v) is 6.82. The van der Waals surface area contributed by atoms with Gasteiger partial charge in [0.05, 0.1) is 19.1 Å². The van der Waals surface area contributed by atoms with E-state index in [4.69, 9.17) is 16.3 Å². The van der Waals surface area contributed by atoms with Gasteiger partial charge < -0.3 is 4.74 Å². The lowest BCUT2D eigenvalue weighted by atomic mass is 10.0. The smallest absolute Gasteiger partial charge is 0.172 e. The molecule has 0 amide bonds. The normalized spacial score (nSPS) is 10.3. The summed E-state index contributed by atoms with van der Waals surface area (Å²) < 4.78 is 5.20. The summed E-state index contributed by atoms with van der Waals surface area (Å²) >= 11 is 5.94. The van der Waals surface area contributed by atoms with Crippen LogP contribution in [0, 0.1) is 0 Å². The SMILES string of the molecule is CCc1ccc(CC(=O)c2cc(Cl)ccc2OC)nc1. The van der Waals surface area contributed by atoms with Crippen LogP contribution in [0.3, 0.4) is 0 Å². The van der Waals surface area contributed by atoms with Gasteiger partial charge in [0, 0.05) is 16.9 Å². The summed E-state index contributed by atoms with van der Waals surface area (Å²) in [5.41, 5.74) is 2.39. The number of aryl methyl sites for hydroxylation is 1. The third-order valence-electron chi connectivity index (χ3n) is 3.10. The lowest BCUT2D eigenvalue weighted by Gasteiger charge is -2.08. The Labute approximate surface area is 123 Å². The molecule has 2 aromatic rings. The van der Waals surface area contributed by atoms with Crippen molar-refractivity contribution >= 4 is 17.4 Å². The van der Waals surface area contributed by atoms with E-state index in [0.717, 1.165) is 17.7 Å². The van der Waals surface area contributed by atoms with Crippen LogP contribution in [0.2, 0.25) is 5.02 Å². The van der Waals surface area contributed by atoms with Crippen molar-refractivity contribution in [3.05, 3.63) is 58.4 Å². The molecule has 1 aromatic heterocycles. The van der Waals surface area contributed by atoms with Crippen molar-refractivity contribution in [2.75, 3.05) is 7.11 Å². The predicted octanol–water partition coefficient (Wildman–Crippen LogP) is 3.73. The first-order valence-electron chi connectivity index (χ1n) is 6.44. The van der Waals surface area contributed by atoms with Gasteiger partial charge in [-0.2, -0.15) is 0 Å². The molecule has 0 N–H and O–H groups in total. The third-order valence-corrected chi connectivity index (χ3v) is 3.33. The van der Waals surface area contributed by atoms with Crippen LogP contribution in [0.25, 0.3) is 0 Å². The maximum Gasteiger partial charge on any atom is 0.172 e. The van der Waals surface area contributed by atoms with Gasteiger partial charge in [0.15, 0.2) is 5.78 Å². The second kappa shape index (κ2) is 6.53. The largest absolute Gasteiger partial charge is 0.496 e. The summed E-state index contributed by atoms with van der Waals surface area (Å²) in [4.78, 5) is 16.6. The van der Waals surface area contributed by atoms with Crippen molar-refractivity contribution in [1.29, 1.82) is 0 Å². The highest BCUT2D eigenvalue weighted by Crippen LogP contribution is 2.24. The van der Waals surface area contributed by atoms with Crippen molar-refractivity contribution < 1.29 is 9.53 Å². The Morgan fingerprint density at radius 3 is 2.70 bits per heavy atom. The van der Waals surface area contributed by atoms with Gasteiger partial charge in [-0.25, -0.2) is 0 Å². The van der Waals surface area contributed by atoms with Crippen LogP contribution in [0.4, 0.5) is 0 Å². The van der Waals surface area contributed by atoms with Gasteiger partial charge in [-0.3, -0.25) is 9.78 Å². The molecule has 0 aliphatic carbocycles. The molecule has 0 radical (unpaired) electrons. The molecule has 0 spiro atoms. The van der Waals surface area contributed by atoms with Gasteiger partial charge in [-0.05, 0) is 36.2 Å². The number of carbonyl (C=O) groups is 1. The molecule has 0 fully saturated rings. The fourth-order valence-corrected chi connectivity index (χ4v) is 2.10. The molecule has 0 atom stereocenters. The Hall–Kier alpha value is -1.87. The molecule has 0 aliphatic rings. The molecule has 1 aromatic carbocycles. The lowest BCUT2D eigenvalue weighted by molar-refractivity contribution is 0.0989. The number of Topliss-reactive ketones (excluding diaryl/α,β-unsaturated/α-hetero) is 1. The van der Waals surface area contributed by atoms with E-state index >= 15 is 0 Å². The number of nitrogens with zero attached hydrogens (tertiary/aromatic N) is 1. The van der Waals surface area contributed by atoms with Gasteiger partial charge in [0.1, 0.15) is 5.75 Å². The first-order chi connectivity index (χ1) is 9.63. The number of ketones is 1. The van der Waals surface area contributed by atoms with E-state index < -0.39 is 0 Å². The third kappa shape index (κ3) is 3.36. The monoisotopic (exact) mass is 289 g/mol. The van der Waals surface area contributed by atoms with Gasteiger partial charge >= 0.3 is 0 Å². The van der Waals surface area contributed by atoms with E-state index in [9.17, 15) is 4.79 Å². The minimum Gasteiger partial charge on any atom is -0.496 e. The summed E-state index contributed by atoms with van der Waals surface area (Å²) in [7, 11) is 1.54. The maximum atomic E-state index is 12.3. The standard InChI is InChI=1S/C16H16ClNO2/c1-3-11-4-6-13(18-10-11)9-15(19)14-8-12(17)5-7-16(14)20-2/h4-8,10H,3,9H2,1-2H3. The summed E-state index contributed by atoms with van der Waals surface area (Å²) in [5, 5.41) is 0.517. The summed E-state index contributed by atoms with van der Waals surface area (Å²) in [5.74, 6) is 0.477. The first kappa shape index (κ1) is 14.5. The van der Waals surface area contributed by atoms with Gasteiger partial charge in [0.25, 0.3) is 0 Å². The summed E-state index contributed by atoms with van der Waals surface area (Å²) in [6.45, 7) is 2.07. The van der Waals surface area contributed by atoms with E-state index in [1.165, 1.54) is 7.11 Å². The molecule has 104 valence electrons. The van der Waals surface area contributed by atoms with Gasteiger partial charge in [0.2, 0.25) is 0 Å². The molecule has 0 saturated carbocycles. The number of hydrogen-bond donors (Lipinski definition) is 0. The summed E-state index contributed by atoms with van der Waals surface area (Å²) in [6.07, 6.45) is 2.97. The van der Waals surface area contributed by atoms with Crippen LogP contribution in [-0.4, -0.2) is 17.9 Å². The number of pyridine rings is 1. The van der Waals surface area contributed by atoms with Crippen molar-refractivity contribution in [3.63, 3.8) is 0 Å². The zero-order valence-corrected chi connectivity index (χ0v) is 12.3.